The molecule has 1 aromatic carbocycles. The van der Waals surface area contributed by atoms with Crippen LogP contribution in [0.1, 0.15) is 66.3 Å². The molecule has 1 aliphatic heterocycles. The van der Waals surface area contributed by atoms with Gasteiger partial charge in [-0.2, -0.15) is 18.3 Å². The maximum atomic E-state index is 13.9. The second-order valence-electron chi connectivity index (χ2n) is 8.35. The highest BCUT2D eigenvalue weighted by molar-refractivity contribution is 7.80. The Hall–Kier alpha value is -2.86. The summed E-state index contributed by atoms with van der Waals surface area (Å²) in [4.78, 5) is 12.5. The van der Waals surface area contributed by atoms with Gasteiger partial charge in [0, 0.05) is 32.7 Å². The Morgan fingerprint density at radius 2 is 2.00 bits per heavy atom. The third-order valence-electron chi connectivity index (χ3n) is 5.53. The number of nitrogens with zero attached hydrogens (tertiary/aromatic N) is 2. The van der Waals surface area contributed by atoms with Gasteiger partial charge in [-0.15, -0.1) is 0 Å². The fourth-order valence-corrected chi connectivity index (χ4v) is 3.81. The highest BCUT2D eigenvalue weighted by Crippen LogP contribution is 2.43. The van der Waals surface area contributed by atoms with Crippen molar-refractivity contribution in [2.24, 2.45) is 0 Å². The smallest absolute Gasteiger partial charge is 0.385 e. The minimum absolute atomic E-state index is 0.122. The number of halogens is 3. The molecule has 2 aromatic rings. The number of rotatable bonds is 7. The predicted octanol–water partition coefficient (Wildman–Crippen LogP) is 3.81. The number of carbonyl (C=O) groups is 1. The molecule has 8 nitrogen and oxygen atoms in total. The largest absolute Gasteiger partial charge is 0.410 e. The van der Waals surface area contributed by atoms with E-state index >= 15 is 0 Å². The Balaban J connectivity index is 1.72. The van der Waals surface area contributed by atoms with Crippen LogP contribution in [0.25, 0.3) is 0 Å². The van der Waals surface area contributed by atoms with Crippen molar-refractivity contribution in [3.05, 3.63) is 47.2 Å². The summed E-state index contributed by atoms with van der Waals surface area (Å²) in [6.07, 6.45) is -4.06. The van der Waals surface area contributed by atoms with Crippen molar-refractivity contribution in [3.8, 4) is 0 Å². The van der Waals surface area contributed by atoms with E-state index in [9.17, 15) is 18.0 Å². The Kier molecular flexibility index (Phi) is 8.37. The van der Waals surface area contributed by atoms with Crippen LogP contribution in [0.3, 0.4) is 0 Å². The molecule has 1 amide bonds. The molecule has 2 heterocycles. The van der Waals surface area contributed by atoms with Crippen LogP contribution in [0.5, 0.6) is 0 Å². The molecule has 0 unspecified atom stereocenters. The molecule has 0 spiro atoms. The first-order valence-electron chi connectivity index (χ1n) is 11.0. The van der Waals surface area contributed by atoms with Crippen molar-refractivity contribution in [3.63, 3.8) is 0 Å². The Bertz CT molecular complexity index is 994. The number of ether oxygens (including phenoxy) is 1. The van der Waals surface area contributed by atoms with Crippen LogP contribution in [-0.4, -0.2) is 47.2 Å². The molecule has 1 aromatic heterocycles. The fourth-order valence-electron chi connectivity index (χ4n) is 3.66. The highest BCUT2D eigenvalue weighted by Gasteiger charge is 2.46. The number of benzene rings is 1. The first kappa shape index (κ1) is 25.8. The lowest BCUT2D eigenvalue weighted by Crippen LogP contribution is -2.47. The second kappa shape index (κ2) is 11.0. The van der Waals surface area contributed by atoms with Crippen LogP contribution in [0.2, 0.25) is 0 Å². The van der Waals surface area contributed by atoms with E-state index in [1.807, 2.05) is 24.3 Å². The average Bonchev–Trinajstić information content (AvgIpc) is 3.23. The summed E-state index contributed by atoms with van der Waals surface area (Å²) < 4.78 is 47.4. The van der Waals surface area contributed by atoms with Gasteiger partial charge in [0.05, 0.1) is 6.04 Å². The van der Waals surface area contributed by atoms with Gasteiger partial charge in [-0.3, -0.25) is 15.6 Å². The second-order valence-corrected chi connectivity index (χ2v) is 8.76. The van der Waals surface area contributed by atoms with Gasteiger partial charge in [0.2, 0.25) is 0 Å². The minimum atomic E-state index is -4.53. The number of anilines is 1. The minimum Gasteiger partial charge on any atom is -0.385 e. The molecule has 3 rings (SSSR count). The van der Waals surface area contributed by atoms with Gasteiger partial charge in [0.25, 0.3) is 5.91 Å². The molecule has 2 atom stereocenters. The number of carbonyl (C=O) groups excluding carboxylic acids is 1. The SMILES string of the molecule is COCCCNC(=S)NNC(=O)c1cc2n(n1)[C@H](C(F)(F)F)C[C@H](c1ccc(C(C)C)cc1)N2. The summed E-state index contributed by atoms with van der Waals surface area (Å²) >= 11 is 5.06. The van der Waals surface area contributed by atoms with Crippen LogP contribution in [0, 0.1) is 0 Å². The Labute approximate surface area is 201 Å². The monoisotopic (exact) mass is 498 g/mol. The fraction of sp³-hybridized carbons (Fsp3) is 0.500. The lowest BCUT2D eigenvalue weighted by molar-refractivity contribution is -0.173. The van der Waals surface area contributed by atoms with Gasteiger partial charge >= 0.3 is 6.18 Å². The summed E-state index contributed by atoms with van der Waals surface area (Å²) in [6.45, 7) is 5.19. The molecule has 186 valence electrons. The summed E-state index contributed by atoms with van der Waals surface area (Å²) in [5, 5.41) is 10.1. The first-order chi connectivity index (χ1) is 16.1. The van der Waals surface area contributed by atoms with Crippen LogP contribution < -0.4 is 21.5 Å². The quantitative estimate of drug-likeness (QED) is 0.262. The maximum Gasteiger partial charge on any atom is 0.410 e. The van der Waals surface area contributed by atoms with Crippen LogP contribution in [0.4, 0.5) is 19.0 Å². The topological polar surface area (TPSA) is 92.2 Å². The van der Waals surface area contributed by atoms with Crippen molar-refractivity contribution in [2.75, 3.05) is 25.6 Å². The van der Waals surface area contributed by atoms with E-state index in [0.29, 0.717) is 25.5 Å². The lowest BCUT2D eigenvalue weighted by Gasteiger charge is -2.33. The van der Waals surface area contributed by atoms with E-state index in [1.165, 1.54) is 6.07 Å². The first-order valence-corrected chi connectivity index (χ1v) is 11.4. The average molecular weight is 499 g/mol. The highest BCUT2D eigenvalue weighted by atomic mass is 32.1. The summed E-state index contributed by atoms with van der Waals surface area (Å²) in [5.74, 6) is -0.263. The van der Waals surface area contributed by atoms with Gasteiger partial charge < -0.3 is 15.4 Å². The number of alkyl halides is 3. The number of thiocarbonyl (C=S) groups is 1. The van der Waals surface area contributed by atoms with E-state index in [-0.39, 0.29) is 23.0 Å². The van der Waals surface area contributed by atoms with E-state index in [2.05, 4.69) is 40.4 Å². The van der Waals surface area contributed by atoms with Gasteiger partial charge in [0.1, 0.15) is 5.82 Å². The molecule has 0 saturated carbocycles. The molecule has 0 bridgehead atoms. The molecule has 0 fully saturated rings. The van der Waals surface area contributed by atoms with E-state index < -0.39 is 24.2 Å². The molecule has 1 aliphatic rings. The van der Waals surface area contributed by atoms with Crippen molar-refractivity contribution in [2.45, 2.75) is 50.9 Å². The molecular formula is C22H29F3N6O2S. The lowest BCUT2D eigenvalue weighted by atomic mass is 9.94. The van der Waals surface area contributed by atoms with Gasteiger partial charge in [-0.05, 0) is 35.7 Å². The third-order valence-corrected chi connectivity index (χ3v) is 5.77. The van der Waals surface area contributed by atoms with E-state index in [1.54, 1.807) is 7.11 Å². The van der Waals surface area contributed by atoms with Gasteiger partial charge in [-0.1, -0.05) is 38.1 Å². The Morgan fingerprint density at radius 1 is 1.29 bits per heavy atom. The molecule has 34 heavy (non-hydrogen) atoms. The number of hydrogen-bond acceptors (Lipinski definition) is 5. The zero-order valence-electron chi connectivity index (χ0n) is 19.2. The normalized spacial score (nSPS) is 17.6. The Morgan fingerprint density at radius 3 is 2.62 bits per heavy atom. The number of nitrogens with one attached hydrogen (secondary N) is 4. The summed E-state index contributed by atoms with van der Waals surface area (Å²) in [5.41, 5.74) is 6.55. The molecule has 0 radical (unpaired) electrons. The van der Waals surface area contributed by atoms with Crippen LogP contribution >= 0.6 is 12.2 Å². The standard InChI is InChI=1S/C22H29F3N6O2S/c1-13(2)14-5-7-15(8-6-14)16-11-18(22(23,24)25)31-19(27-16)12-17(30-31)20(32)28-29-21(34)26-9-4-10-33-3/h5-8,12-13,16,18,27H,4,9-11H2,1-3H3,(H,28,32)(H2,26,29,34)/t16-,18+/m1/s1. The predicted molar refractivity (Wildman–Crippen MR) is 127 cm³/mol. The van der Waals surface area contributed by atoms with Crippen LogP contribution in [-0.2, 0) is 4.74 Å². The van der Waals surface area contributed by atoms with Crippen LogP contribution in [0.15, 0.2) is 30.3 Å². The van der Waals surface area contributed by atoms with E-state index in [0.717, 1.165) is 15.8 Å². The summed E-state index contributed by atoms with van der Waals surface area (Å²) in [6, 6.07) is 6.39. The number of aromatic nitrogens is 2. The zero-order valence-corrected chi connectivity index (χ0v) is 20.0. The molecule has 0 aliphatic carbocycles. The zero-order chi connectivity index (χ0) is 24.9. The van der Waals surface area contributed by atoms with Gasteiger partial charge in [0.15, 0.2) is 16.8 Å². The number of hydrazine groups is 1. The summed E-state index contributed by atoms with van der Waals surface area (Å²) in [7, 11) is 1.59. The van der Waals surface area contributed by atoms with Crippen molar-refractivity contribution < 1.29 is 22.7 Å². The van der Waals surface area contributed by atoms with Crippen molar-refractivity contribution >= 4 is 29.1 Å². The van der Waals surface area contributed by atoms with Crippen molar-refractivity contribution in [1.29, 1.82) is 0 Å². The molecule has 4 N–H and O–H groups in total. The van der Waals surface area contributed by atoms with E-state index in [4.69, 9.17) is 17.0 Å². The number of fused-ring (bicyclic) bond motifs is 1. The van der Waals surface area contributed by atoms with Gasteiger partial charge in [-0.25, -0.2) is 4.68 Å². The van der Waals surface area contributed by atoms with Crippen molar-refractivity contribution in [1.82, 2.24) is 25.9 Å². The number of amides is 1. The number of methoxy groups -OCH3 is 1. The maximum absolute atomic E-state index is 13.9. The third kappa shape index (κ3) is 6.38. The molecule has 12 heteroatoms. The molecular weight excluding hydrogens is 469 g/mol. The molecule has 0 saturated heterocycles. The number of hydrogen-bond donors (Lipinski definition) is 4.